The van der Waals surface area contributed by atoms with Gasteiger partial charge in [0.2, 0.25) is 0 Å². The van der Waals surface area contributed by atoms with Gasteiger partial charge in [0.1, 0.15) is 6.61 Å². The predicted octanol–water partition coefficient (Wildman–Crippen LogP) is 2.78. The lowest BCUT2D eigenvalue weighted by molar-refractivity contribution is -0.137. The third kappa shape index (κ3) is 3.62. The van der Waals surface area contributed by atoms with Crippen molar-refractivity contribution in [2.75, 3.05) is 13.2 Å². The van der Waals surface area contributed by atoms with Crippen molar-refractivity contribution in [2.45, 2.75) is 58.0 Å². The van der Waals surface area contributed by atoms with Crippen LogP contribution < -0.4 is 0 Å². The molecule has 0 aromatic carbocycles. The zero-order chi connectivity index (χ0) is 15.5. The van der Waals surface area contributed by atoms with Crippen LogP contribution in [0.3, 0.4) is 0 Å². The molecule has 0 saturated carbocycles. The summed E-state index contributed by atoms with van der Waals surface area (Å²) in [7, 11) is 0. The van der Waals surface area contributed by atoms with Crippen molar-refractivity contribution in [1.29, 1.82) is 0 Å². The van der Waals surface area contributed by atoms with Gasteiger partial charge in [0.15, 0.2) is 0 Å². The first-order valence-electron chi connectivity index (χ1n) is 7.77. The van der Waals surface area contributed by atoms with Crippen LogP contribution in [0.4, 0.5) is 0 Å². The van der Waals surface area contributed by atoms with Crippen molar-refractivity contribution in [1.82, 2.24) is 9.88 Å². The van der Waals surface area contributed by atoms with Gasteiger partial charge in [0.05, 0.1) is 17.5 Å². The van der Waals surface area contributed by atoms with Crippen LogP contribution in [0.5, 0.6) is 0 Å². The lowest BCUT2D eigenvalue weighted by Gasteiger charge is -2.34. The van der Waals surface area contributed by atoms with E-state index in [0.29, 0.717) is 25.1 Å². The first-order valence-corrected chi connectivity index (χ1v) is 7.77. The molecule has 0 spiro atoms. The molecule has 2 rings (SSSR count). The minimum atomic E-state index is -0.264. The number of hydrogen-bond acceptors (Lipinski definition) is 4. The molecule has 0 aliphatic carbocycles. The van der Waals surface area contributed by atoms with Crippen molar-refractivity contribution in [2.24, 2.45) is 0 Å². The van der Waals surface area contributed by atoms with Gasteiger partial charge in [0.25, 0.3) is 0 Å². The van der Waals surface area contributed by atoms with E-state index < -0.39 is 0 Å². The fraction of sp³-hybridized carbons (Fsp3) is 0.647. The zero-order valence-electron chi connectivity index (χ0n) is 13.5. The third-order valence-corrected chi connectivity index (χ3v) is 4.38. The maximum atomic E-state index is 11.7. The molecule has 2 heterocycles. The Bertz CT molecular complexity index is 465. The van der Waals surface area contributed by atoms with E-state index in [0.717, 1.165) is 18.7 Å². The van der Waals surface area contributed by atoms with Gasteiger partial charge in [-0.2, -0.15) is 0 Å². The first kappa shape index (κ1) is 16.0. The molecular formula is C17H26N2O2. The Labute approximate surface area is 127 Å². The minimum Gasteiger partial charge on any atom is -0.465 e. The standard InChI is InChI=1S/C17H26N2O2/c1-13(2)19(14(3)4)10-8-17(11-16(20)21-12-17)15-7-5-6-9-18-15/h5-7,9,13-14H,8,10-12H2,1-4H3. The number of pyridine rings is 1. The van der Waals surface area contributed by atoms with Crippen LogP contribution in [-0.2, 0) is 14.9 Å². The van der Waals surface area contributed by atoms with E-state index in [4.69, 9.17) is 4.74 Å². The zero-order valence-corrected chi connectivity index (χ0v) is 13.5. The number of ether oxygens (including phenoxy) is 1. The molecule has 1 unspecified atom stereocenters. The number of carbonyl (C=O) groups excluding carboxylic acids is 1. The molecule has 4 heteroatoms. The molecule has 1 fully saturated rings. The average Bonchev–Trinajstić information content (AvgIpc) is 2.82. The highest BCUT2D eigenvalue weighted by Crippen LogP contribution is 2.36. The quantitative estimate of drug-likeness (QED) is 0.756. The second-order valence-electron chi connectivity index (χ2n) is 6.51. The van der Waals surface area contributed by atoms with Crippen molar-refractivity contribution in [3.63, 3.8) is 0 Å². The van der Waals surface area contributed by atoms with E-state index in [2.05, 4.69) is 37.6 Å². The van der Waals surface area contributed by atoms with Gasteiger partial charge >= 0.3 is 5.97 Å². The number of nitrogens with zero attached hydrogens (tertiary/aromatic N) is 2. The highest BCUT2D eigenvalue weighted by atomic mass is 16.5. The largest absolute Gasteiger partial charge is 0.465 e. The van der Waals surface area contributed by atoms with Crippen LogP contribution in [0.15, 0.2) is 24.4 Å². The molecule has 0 N–H and O–H groups in total. The molecule has 116 valence electrons. The van der Waals surface area contributed by atoms with Crippen LogP contribution in [-0.4, -0.2) is 41.1 Å². The van der Waals surface area contributed by atoms with Gasteiger partial charge in [-0.15, -0.1) is 0 Å². The monoisotopic (exact) mass is 290 g/mol. The molecule has 1 aromatic heterocycles. The number of aromatic nitrogens is 1. The summed E-state index contributed by atoms with van der Waals surface area (Å²) in [5, 5.41) is 0. The highest BCUT2D eigenvalue weighted by Gasteiger charge is 2.43. The van der Waals surface area contributed by atoms with E-state index in [1.54, 1.807) is 6.20 Å². The topological polar surface area (TPSA) is 42.4 Å². The number of carbonyl (C=O) groups is 1. The minimum absolute atomic E-state index is 0.110. The smallest absolute Gasteiger partial charge is 0.306 e. The van der Waals surface area contributed by atoms with Crippen LogP contribution in [0.25, 0.3) is 0 Å². The Hall–Kier alpha value is -1.42. The molecule has 1 aromatic rings. The Morgan fingerprint density at radius 2 is 2.00 bits per heavy atom. The Morgan fingerprint density at radius 3 is 2.48 bits per heavy atom. The lowest BCUT2D eigenvalue weighted by Crippen LogP contribution is -2.41. The van der Waals surface area contributed by atoms with E-state index in [-0.39, 0.29) is 11.4 Å². The lowest BCUT2D eigenvalue weighted by atomic mass is 9.79. The summed E-state index contributed by atoms with van der Waals surface area (Å²) in [5.41, 5.74) is 0.712. The number of esters is 1. The molecule has 4 nitrogen and oxygen atoms in total. The van der Waals surface area contributed by atoms with E-state index in [9.17, 15) is 4.79 Å². The van der Waals surface area contributed by atoms with Crippen LogP contribution in [0.1, 0.15) is 46.2 Å². The summed E-state index contributed by atoms with van der Waals surface area (Å²) >= 11 is 0. The van der Waals surface area contributed by atoms with Crippen LogP contribution in [0.2, 0.25) is 0 Å². The van der Waals surface area contributed by atoms with E-state index >= 15 is 0 Å². The summed E-state index contributed by atoms with van der Waals surface area (Å²) in [6.45, 7) is 10.2. The first-order chi connectivity index (χ1) is 9.94. The normalized spacial score (nSPS) is 22.3. The van der Waals surface area contributed by atoms with Gasteiger partial charge in [-0.25, -0.2) is 0 Å². The summed E-state index contributed by atoms with van der Waals surface area (Å²) < 4.78 is 5.28. The molecule has 21 heavy (non-hydrogen) atoms. The molecule has 0 bridgehead atoms. The van der Waals surface area contributed by atoms with Gasteiger partial charge < -0.3 is 4.74 Å². The molecule has 0 amide bonds. The van der Waals surface area contributed by atoms with Crippen molar-refractivity contribution in [3.8, 4) is 0 Å². The van der Waals surface area contributed by atoms with Crippen molar-refractivity contribution in [3.05, 3.63) is 30.1 Å². The fourth-order valence-electron chi connectivity index (χ4n) is 3.18. The number of hydrogen-bond donors (Lipinski definition) is 0. The Balaban J connectivity index is 2.17. The number of rotatable bonds is 6. The fourth-order valence-corrected chi connectivity index (χ4v) is 3.18. The van der Waals surface area contributed by atoms with Gasteiger partial charge in [0, 0.05) is 18.3 Å². The SMILES string of the molecule is CC(C)N(CCC1(c2ccccn2)COC(=O)C1)C(C)C. The van der Waals surface area contributed by atoms with Crippen LogP contribution in [0, 0.1) is 0 Å². The summed E-state index contributed by atoms with van der Waals surface area (Å²) in [6, 6.07) is 6.88. The second kappa shape index (κ2) is 6.56. The summed E-state index contributed by atoms with van der Waals surface area (Å²) in [6.07, 6.45) is 3.13. The van der Waals surface area contributed by atoms with Crippen molar-refractivity contribution < 1.29 is 9.53 Å². The third-order valence-electron chi connectivity index (χ3n) is 4.38. The molecule has 1 atom stereocenters. The Kier molecular flexibility index (Phi) is 4.99. The summed E-state index contributed by atoms with van der Waals surface area (Å²) in [4.78, 5) is 18.6. The maximum Gasteiger partial charge on any atom is 0.306 e. The molecule has 1 aliphatic heterocycles. The average molecular weight is 290 g/mol. The molecule has 1 aliphatic rings. The van der Waals surface area contributed by atoms with Gasteiger partial charge in [-0.1, -0.05) is 6.07 Å². The van der Waals surface area contributed by atoms with Crippen molar-refractivity contribution >= 4 is 5.97 Å². The predicted molar refractivity (Wildman–Crippen MR) is 83.1 cm³/mol. The van der Waals surface area contributed by atoms with E-state index in [1.807, 2.05) is 18.2 Å². The Morgan fingerprint density at radius 1 is 1.29 bits per heavy atom. The molecule has 0 radical (unpaired) electrons. The van der Waals surface area contributed by atoms with Gasteiger partial charge in [-0.05, 0) is 52.8 Å². The van der Waals surface area contributed by atoms with Gasteiger partial charge in [-0.3, -0.25) is 14.7 Å². The number of cyclic esters (lactones) is 1. The molecular weight excluding hydrogens is 264 g/mol. The highest BCUT2D eigenvalue weighted by molar-refractivity contribution is 5.74. The second-order valence-corrected chi connectivity index (χ2v) is 6.51. The maximum absolute atomic E-state index is 11.7. The van der Waals surface area contributed by atoms with Crippen LogP contribution >= 0.6 is 0 Å². The summed E-state index contributed by atoms with van der Waals surface area (Å²) in [5.74, 6) is -0.110. The van der Waals surface area contributed by atoms with E-state index in [1.165, 1.54) is 0 Å². The molecule has 1 saturated heterocycles.